The number of rotatable bonds is 8. The number of amides is 1. The molecule has 0 aliphatic carbocycles. The van der Waals surface area contributed by atoms with Crippen molar-refractivity contribution < 1.29 is 14.3 Å². The molecule has 0 aliphatic heterocycles. The first kappa shape index (κ1) is 18.3. The fraction of sp³-hybridized carbons (Fsp3) is 0.400. The van der Waals surface area contributed by atoms with Gasteiger partial charge in [0.1, 0.15) is 11.5 Å². The summed E-state index contributed by atoms with van der Waals surface area (Å²) < 4.78 is 11.1. The molecule has 24 heavy (non-hydrogen) atoms. The Morgan fingerprint density at radius 2 is 2.08 bits per heavy atom. The lowest BCUT2D eigenvalue weighted by Gasteiger charge is -2.11. The lowest BCUT2D eigenvalue weighted by atomic mass is 10.2. The molecule has 0 radical (unpaired) electrons. The first-order chi connectivity index (χ1) is 11.5. The molecule has 2 aromatic rings. The topological polar surface area (TPSA) is 85.4 Å². The monoisotopic (exact) mass is 368 g/mol. The molecule has 0 saturated carbocycles. The maximum Gasteiger partial charge on any atom is 0.234 e. The number of benzene rings is 1. The molecule has 130 valence electrons. The van der Waals surface area contributed by atoms with Crippen molar-refractivity contribution in [1.82, 2.24) is 10.2 Å². The van der Waals surface area contributed by atoms with Crippen LogP contribution < -0.4 is 20.1 Å². The van der Waals surface area contributed by atoms with Crippen molar-refractivity contribution in [2.75, 3.05) is 30.6 Å². The number of hydrogen-bond donors (Lipinski definition) is 2. The van der Waals surface area contributed by atoms with Crippen LogP contribution in [0, 0.1) is 0 Å². The second-order valence-electron chi connectivity index (χ2n) is 5.08. The molecular formula is C15H20N4O3S2. The Labute approximate surface area is 149 Å². The van der Waals surface area contributed by atoms with E-state index in [1.807, 2.05) is 13.8 Å². The third-order valence-corrected chi connectivity index (χ3v) is 4.82. The molecule has 0 saturated heterocycles. The third kappa shape index (κ3) is 5.27. The van der Waals surface area contributed by atoms with E-state index in [-0.39, 0.29) is 11.7 Å². The number of aromatic nitrogens is 2. The highest BCUT2D eigenvalue weighted by molar-refractivity contribution is 8.01. The molecule has 0 fully saturated rings. The van der Waals surface area contributed by atoms with Gasteiger partial charge in [0.25, 0.3) is 0 Å². The smallest absolute Gasteiger partial charge is 0.234 e. The van der Waals surface area contributed by atoms with Gasteiger partial charge in [-0.1, -0.05) is 23.1 Å². The minimum absolute atomic E-state index is 0.142. The van der Waals surface area contributed by atoms with Crippen molar-refractivity contribution in [1.29, 1.82) is 0 Å². The maximum absolute atomic E-state index is 12.1. The molecule has 0 unspecified atom stereocenters. The SMILES string of the molecule is COc1ccc(NC(=O)CSc2nnc(NC(C)C)s2)c(OC)c1. The van der Waals surface area contributed by atoms with Crippen molar-refractivity contribution in [3.05, 3.63) is 18.2 Å². The van der Waals surface area contributed by atoms with Crippen molar-refractivity contribution in [3.8, 4) is 11.5 Å². The summed E-state index contributed by atoms with van der Waals surface area (Å²) in [5, 5.41) is 14.8. The first-order valence-electron chi connectivity index (χ1n) is 7.26. The molecule has 7 nitrogen and oxygen atoms in total. The van der Waals surface area contributed by atoms with Crippen molar-refractivity contribution in [3.63, 3.8) is 0 Å². The Kier molecular flexibility index (Phi) is 6.68. The number of ether oxygens (including phenoxy) is 2. The van der Waals surface area contributed by atoms with Gasteiger partial charge >= 0.3 is 0 Å². The van der Waals surface area contributed by atoms with Crippen LogP contribution in [0.5, 0.6) is 11.5 Å². The molecule has 1 aromatic heterocycles. The van der Waals surface area contributed by atoms with Gasteiger partial charge in [0.15, 0.2) is 4.34 Å². The molecular weight excluding hydrogens is 348 g/mol. The summed E-state index contributed by atoms with van der Waals surface area (Å²) in [5.41, 5.74) is 0.600. The Morgan fingerprint density at radius 1 is 1.29 bits per heavy atom. The molecule has 0 atom stereocenters. The number of methoxy groups -OCH3 is 2. The van der Waals surface area contributed by atoms with E-state index in [4.69, 9.17) is 9.47 Å². The fourth-order valence-electron chi connectivity index (χ4n) is 1.79. The third-order valence-electron chi connectivity index (χ3n) is 2.83. The number of nitrogens with one attached hydrogen (secondary N) is 2. The summed E-state index contributed by atoms with van der Waals surface area (Å²) in [7, 11) is 3.12. The standard InChI is InChI=1S/C15H20N4O3S2/c1-9(2)16-14-18-19-15(24-14)23-8-13(20)17-11-6-5-10(21-3)7-12(11)22-4/h5-7,9H,8H2,1-4H3,(H,16,18)(H,17,20). The zero-order valence-electron chi connectivity index (χ0n) is 14.0. The molecule has 1 heterocycles. The zero-order chi connectivity index (χ0) is 17.5. The van der Waals surface area contributed by atoms with Gasteiger partial charge in [0.05, 0.1) is 25.7 Å². The molecule has 0 aliphatic rings. The Bertz CT molecular complexity index is 691. The summed E-state index contributed by atoms with van der Waals surface area (Å²) in [4.78, 5) is 12.1. The van der Waals surface area contributed by atoms with Gasteiger partial charge in [0.2, 0.25) is 11.0 Å². The number of thioether (sulfide) groups is 1. The highest BCUT2D eigenvalue weighted by Crippen LogP contribution is 2.30. The van der Waals surface area contributed by atoms with Crippen LogP contribution in [0.15, 0.2) is 22.5 Å². The summed E-state index contributed by atoms with van der Waals surface area (Å²) >= 11 is 2.77. The Hall–Kier alpha value is -2.00. The van der Waals surface area contributed by atoms with Crippen LogP contribution in [-0.2, 0) is 4.79 Å². The van der Waals surface area contributed by atoms with Gasteiger partial charge in [-0.25, -0.2) is 0 Å². The quantitative estimate of drug-likeness (QED) is 0.693. The average molecular weight is 368 g/mol. The predicted octanol–water partition coefficient (Wildman–Crippen LogP) is 3.11. The van der Waals surface area contributed by atoms with Crippen LogP contribution in [0.1, 0.15) is 13.8 Å². The van der Waals surface area contributed by atoms with E-state index in [9.17, 15) is 4.79 Å². The van der Waals surface area contributed by atoms with E-state index in [1.165, 1.54) is 23.1 Å². The van der Waals surface area contributed by atoms with Crippen LogP contribution in [-0.4, -0.2) is 42.1 Å². The fourth-order valence-corrected chi connectivity index (χ4v) is 3.49. The predicted molar refractivity (Wildman–Crippen MR) is 97.6 cm³/mol. The minimum atomic E-state index is -0.142. The summed E-state index contributed by atoms with van der Waals surface area (Å²) in [6.07, 6.45) is 0. The second-order valence-corrected chi connectivity index (χ2v) is 7.28. The number of carbonyl (C=O) groups excluding carboxylic acids is 1. The lowest BCUT2D eigenvalue weighted by Crippen LogP contribution is -2.14. The number of anilines is 2. The molecule has 0 bridgehead atoms. The number of hydrogen-bond acceptors (Lipinski definition) is 8. The normalized spacial score (nSPS) is 10.5. The van der Waals surface area contributed by atoms with Crippen LogP contribution in [0.25, 0.3) is 0 Å². The molecule has 2 N–H and O–H groups in total. The summed E-state index contributed by atoms with van der Waals surface area (Å²) in [6.45, 7) is 4.06. The van der Waals surface area contributed by atoms with Crippen LogP contribution >= 0.6 is 23.1 Å². The van der Waals surface area contributed by atoms with Gasteiger partial charge in [-0.3, -0.25) is 4.79 Å². The highest BCUT2D eigenvalue weighted by Gasteiger charge is 2.11. The van der Waals surface area contributed by atoms with E-state index < -0.39 is 0 Å². The van der Waals surface area contributed by atoms with E-state index in [1.54, 1.807) is 32.4 Å². The van der Waals surface area contributed by atoms with Crippen molar-refractivity contribution in [2.45, 2.75) is 24.2 Å². The number of carbonyl (C=O) groups is 1. The molecule has 1 amide bonds. The van der Waals surface area contributed by atoms with Gasteiger partial charge in [-0.15, -0.1) is 10.2 Å². The van der Waals surface area contributed by atoms with E-state index in [2.05, 4.69) is 20.8 Å². The largest absolute Gasteiger partial charge is 0.497 e. The molecule has 2 rings (SSSR count). The average Bonchev–Trinajstić information content (AvgIpc) is 3.00. The van der Waals surface area contributed by atoms with Gasteiger partial charge in [-0.05, 0) is 26.0 Å². The van der Waals surface area contributed by atoms with E-state index in [0.717, 1.165) is 9.47 Å². The van der Waals surface area contributed by atoms with Crippen LogP contribution in [0.4, 0.5) is 10.8 Å². The minimum Gasteiger partial charge on any atom is -0.497 e. The first-order valence-corrected chi connectivity index (χ1v) is 9.06. The Balaban J connectivity index is 1.90. The highest BCUT2D eigenvalue weighted by atomic mass is 32.2. The Morgan fingerprint density at radius 3 is 2.75 bits per heavy atom. The number of nitrogens with zero attached hydrogens (tertiary/aromatic N) is 2. The van der Waals surface area contributed by atoms with E-state index in [0.29, 0.717) is 23.2 Å². The van der Waals surface area contributed by atoms with Gasteiger partial charge in [0, 0.05) is 12.1 Å². The maximum atomic E-state index is 12.1. The molecule has 9 heteroatoms. The van der Waals surface area contributed by atoms with Crippen molar-refractivity contribution in [2.24, 2.45) is 0 Å². The van der Waals surface area contributed by atoms with Crippen molar-refractivity contribution >= 4 is 39.8 Å². The van der Waals surface area contributed by atoms with Gasteiger partial charge in [-0.2, -0.15) is 0 Å². The van der Waals surface area contributed by atoms with Crippen LogP contribution in [0.3, 0.4) is 0 Å². The van der Waals surface area contributed by atoms with E-state index >= 15 is 0 Å². The summed E-state index contributed by atoms with van der Waals surface area (Å²) in [5.74, 6) is 1.31. The lowest BCUT2D eigenvalue weighted by molar-refractivity contribution is -0.113. The summed E-state index contributed by atoms with van der Waals surface area (Å²) in [6, 6.07) is 5.52. The van der Waals surface area contributed by atoms with Crippen LogP contribution in [0.2, 0.25) is 0 Å². The van der Waals surface area contributed by atoms with Gasteiger partial charge < -0.3 is 20.1 Å². The molecule has 1 aromatic carbocycles. The molecule has 0 spiro atoms. The second kappa shape index (κ2) is 8.74. The zero-order valence-corrected chi connectivity index (χ0v) is 15.6.